The van der Waals surface area contributed by atoms with Gasteiger partial charge in [-0.25, -0.2) is 0 Å². The largest absolute Gasteiger partial charge is 0.507 e. The second-order valence-corrected chi connectivity index (χ2v) is 7.14. The van der Waals surface area contributed by atoms with Crippen molar-refractivity contribution in [3.05, 3.63) is 76.3 Å². The highest BCUT2D eigenvalue weighted by molar-refractivity contribution is 6.47. The molecule has 134 valence electrons. The molecule has 4 nitrogen and oxygen atoms in total. The molecule has 0 aliphatic carbocycles. The van der Waals surface area contributed by atoms with Crippen molar-refractivity contribution < 1.29 is 14.7 Å². The molecule has 1 unspecified atom stereocenters. The number of benzene rings is 2. The number of Topliss-reactive ketones (excluding diaryl/α,β-unsaturated/α-hetero) is 1. The molecule has 1 aliphatic heterocycles. The van der Waals surface area contributed by atoms with Gasteiger partial charge in [0.2, 0.25) is 0 Å². The molecule has 1 atom stereocenters. The Balaban J connectivity index is 2.22. The number of nitrogens with zero attached hydrogens (tertiary/aromatic N) is 1. The molecular formula is C21H20ClNO3. The number of amides is 1. The van der Waals surface area contributed by atoms with Crippen LogP contribution in [-0.4, -0.2) is 28.2 Å². The van der Waals surface area contributed by atoms with Crippen LogP contribution in [0.15, 0.2) is 60.2 Å². The number of hydrogen-bond donors (Lipinski definition) is 1. The number of rotatable bonds is 4. The first-order valence-electron chi connectivity index (χ1n) is 8.50. The molecule has 1 aliphatic rings. The van der Waals surface area contributed by atoms with Gasteiger partial charge in [0.25, 0.3) is 11.7 Å². The summed E-state index contributed by atoms with van der Waals surface area (Å²) >= 11 is 6.36. The van der Waals surface area contributed by atoms with E-state index in [2.05, 4.69) is 0 Å². The Hall–Kier alpha value is -2.59. The van der Waals surface area contributed by atoms with Crippen molar-refractivity contribution in [1.29, 1.82) is 0 Å². The molecule has 1 fully saturated rings. The van der Waals surface area contributed by atoms with Crippen LogP contribution in [0.5, 0.6) is 0 Å². The Kier molecular flexibility index (Phi) is 5.14. The van der Waals surface area contributed by atoms with Crippen LogP contribution in [0.4, 0.5) is 0 Å². The maximum Gasteiger partial charge on any atom is 0.295 e. The molecule has 2 aromatic carbocycles. The number of halogens is 1. The molecule has 1 N–H and O–H groups in total. The summed E-state index contributed by atoms with van der Waals surface area (Å²) in [6.07, 6.45) is 0. The summed E-state index contributed by atoms with van der Waals surface area (Å²) < 4.78 is 0. The number of likely N-dealkylation sites (tertiary alicyclic amines) is 1. The summed E-state index contributed by atoms with van der Waals surface area (Å²) in [7, 11) is 0. The lowest BCUT2D eigenvalue weighted by Crippen LogP contribution is -2.33. The van der Waals surface area contributed by atoms with Gasteiger partial charge in [-0.05, 0) is 17.5 Å². The third-order valence-electron chi connectivity index (χ3n) is 4.35. The molecule has 1 saturated heterocycles. The Bertz CT molecular complexity index is 874. The van der Waals surface area contributed by atoms with Gasteiger partial charge in [-0.1, -0.05) is 74.0 Å². The predicted molar refractivity (Wildman–Crippen MR) is 102 cm³/mol. The van der Waals surface area contributed by atoms with Gasteiger partial charge in [0, 0.05) is 17.1 Å². The number of carbonyl (C=O) groups is 2. The quantitative estimate of drug-likeness (QED) is 0.493. The molecule has 0 bridgehead atoms. The Morgan fingerprint density at radius 1 is 1.08 bits per heavy atom. The summed E-state index contributed by atoms with van der Waals surface area (Å²) in [5.74, 6) is -1.31. The summed E-state index contributed by atoms with van der Waals surface area (Å²) in [5.41, 5.74) is 1.20. The lowest BCUT2D eigenvalue weighted by atomic mass is 9.95. The lowest BCUT2D eigenvalue weighted by Gasteiger charge is -2.27. The molecule has 1 amide bonds. The molecule has 0 radical (unpaired) electrons. The van der Waals surface area contributed by atoms with Gasteiger partial charge < -0.3 is 10.0 Å². The molecule has 26 heavy (non-hydrogen) atoms. The summed E-state index contributed by atoms with van der Waals surface area (Å²) in [6.45, 7) is 4.34. The Morgan fingerprint density at radius 3 is 2.31 bits per heavy atom. The zero-order valence-corrected chi connectivity index (χ0v) is 15.4. The third-order valence-corrected chi connectivity index (χ3v) is 4.69. The molecule has 2 aromatic rings. The first-order chi connectivity index (χ1) is 12.4. The van der Waals surface area contributed by atoms with Crippen molar-refractivity contribution in [3.8, 4) is 0 Å². The molecule has 0 spiro atoms. The van der Waals surface area contributed by atoms with Crippen LogP contribution >= 0.6 is 11.6 Å². The van der Waals surface area contributed by atoms with E-state index in [1.807, 2.05) is 19.9 Å². The average molecular weight is 370 g/mol. The van der Waals surface area contributed by atoms with E-state index in [9.17, 15) is 14.7 Å². The first-order valence-corrected chi connectivity index (χ1v) is 8.88. The molecule has 0 saturated carbocycles. The minimum atomic E-state index is -0.702. The fourth-order valence-electron chi connectivity index (χ4n) is 3.23. The van der Waals surface area contributed by atoms with Gasteiger partial charge in [-0.3, -0.25) is 9.59 Å². The van der Waals surface area contributed by atoms with E-state index in [1.165, 1.54) is 4.90 Å². The van der Waals surface area contributed by atoms with Gasteiger partial charge in [-0.2, -0.15) is 0 Å². The maximum atomic E-state index is 12.8. The number of carbonyl (C=O) groups excluding carboxylic acids is 2. The lowest BCUT2D eigenvalue weighted by molar-refractivity contribution is -0.140. The first kappa shape index (κ1) is 18.2. The number of ketones is 1. The van der Waals surface area contributed by atoms with E-state index >= 15 is 0 Å². The van der Waals surface area contributed by atoms with Crippen molar-refractivity contribution in [2.24, 2.45) is 5.92 Å². The van der Waals surface area contributed by atoms with E-state index in [1.54, 1.807) is 48.5 Å². The topological polar surface area (TPSA) is 57.6 Å². The average Bonchev–Trinajstić information content (AvgIpc) is 2.87. The molecule has 3 rings (SSSR count). The Labute approximate surface area is 157 Å². The normalized spacial score (nSPS) is 19.4. The van der Waals surface area contributed by atoms with Gasteiger partial charge in [-0.15, -0.1) is 0 Å². The Morgan fingerprint density at radius 2 is 1.69 bits per heavy atom. The van der Waals surface area contributed by atoms with Gasteiger partial charge >= 0.3 is 0 Å². The van der Waals surface area contributed by atoms with E-state index < -0.39 is 17.7 Å². The molecule has 5 heteroatoms. The van der Waals surface area contributed by atoms with Crippen LogP contribution < -0.4 is 0 Å². The second-order valence-electron chi connectivity index (χ2n) is 6.73. The van der Waals surface area contributed by atoms with Crippen LogP contribution in [0, 0.1) is 5.92 Å². The van der Waals surface area contributed by atoms with Gasteiger partial charge in [0.1, 0.15) is 5.76 Å². The summed E-state index contributed by atoms with van der Waals surface area (Å²) in [6, 6.07) is 15.2. The molecule has 1 heterocycles. The van der Waals surface area contributed by atoms with Crippen molar-refractivity contribution in [2.75, 3.05) is 6.54 Å². The van der Waals surface area contributed by atoms with Crippen LogP contribution in [-0.2, 0) is 9.59 Å². The number of aliphatic hydroxyl groups is 1. The summed E-state index contributed by atoms with van der Waals surface area (Å²) in [4.78, 5) is 26.9. The van der Waals surface area contributed by atoms with Crippen molar-refractivity contribution in [3.63, 3.8) is 0 Å². The summed E-state index contributed by atoms with van der Waals surface area (Å²) in [5, 5.41) is 11.3. The zero-order chi connectivity index (χ0) is 18.8. The highest BCUT2D eigenvalue weighted by Crippen LogP contribution is 2.41. The van der Waals surface area contributed by atoms with E-state index in [0.29, 0.717) is 22.7 Å². The maximum absolute atomic E-state index is 12.8. The van der Waals surface area contributed by atoms with Crippen molar-refractivity contribution in [2.45, 2.75) is 19.9 Å². The minimum absolute atomic E-state index is 0.0787. The van der Waals surface area contributed by atoms with Gasteiger partial charge in [0.15, 0.2) is 0 Å². The highest BCUT2D eigenvalue weighted by Gasteiger charge is 2.46. The standard InChI is InChI=1S/C21H20ClNO3/c1-13(2)12-23-18(15-10-6-7-11-16(15)22)17(20(25)21(23)26)19(24)14-8-4-3-5-9-14/h3-11,13,18,24H,12H2,1-2H3/b19-17-. The second kappa shape index (κ2) is 7.34. The smallest absolute Gasteiger partial charge is 0.295 e. The van der Waals surface area contributed by atoms with Crippen LogP contribution in [0.3, 0.4) is 0 Å². The monoisotopic (exact) mass is 369 g/mol. The van der Waals surface area contributed by atoms with Crippen molar-refractivity contribution in [1.82, 2.24) is 4.90 Å². The van der Waals surface area contributed by atoms with Crippen molar-refractivity contribution >= 4 is 29.1 Å². The van der Waals surface area contributed by atoms with Gasteiger partial charge in [0.05, 0.1) is 11.6 Å². The number of aliphatic hydroxyl groups excluding tert-OH is 1. The third kappa shape index (κ3) is 3.25. The predicted octanol–water partition coefficient (Wildman–Crippen LogP) is 4.42. The zero-order valence-electron chi connectivity index (χ0n) is 14.6. The minimum Gasteiger partial charge on any atom is -0.507 e. The SMILES string of the molecule is CC(C)CN1C(=O)C(=O)/C(=C(\O)c2ccccc2)C1c1ccccc1Cl. The highest BCUT2D eigenvalue weighted by atomic mass is 35.5. The fraction of sp³-hybridized carbons (Fsp3) is 0.238. The van der Waals surface area contributed by atoms with Crippen LogP contribution in [0.1, 0.15) is 31.0 Å². The fourth-order valence-corrected chi connectivity index (χ4v) is 3.47. The number of hydrogen-bond acceptors (Lipinski definition) is 3. The van der Waals surface area contributed by atoms with Crippen LogP contribution in [0.25, 0.3) is 5.76 Å². The van der Waals surface area contributed by atoms with E-state index in [0.717, 1.165) is 0 Å². The van der Waals surface area contributed by atoms with E-state index in [4.69, 9.17) is 11.6 Å². The molecular weight excluding hydrogens is 350 g/mol. The van der Waals surface area contributed by atoms with E-state index in [-0.39, 0.29) is 17.3 Å². The molecule has 0 aromatic heterocycles. The van der Waals surface area contributed by atoms with Crippen LogP contribution in [0.2, 0.25) is 5.02 Å².